The summed E-state index contributed by atoms with van der Waals surface area (Å²) in [5.41, 5.74) is 1.38. The van der Waals surface area contributed by atoms with Gasteiger partial charge in [0.2, 0.25) is 0 Å². The van der Waals surface area contributed by atoms with Crippen LogP contribution >= 0.6 is 11.6 Å². The molecule has 4 heteroatoms. The summed E-state index contributed by atoms with van der Waals surface area (Å²) in [5.74, 6) is 0. The van der Waals surface area contributed by atoms with Crippen LogP contribution in [0.3, 0.4) is 0 Å². The lowest BCUT2D eigenvalue weighted by atomic mass is 9.66. The van der Waals surface area contributed by atoms with Gasteiger partial charge >= 0.3 is 0 Å². The molecule has 2 N–H and O–H groups in total. The Balaban J connectivity index is 2.01. The monoisotopic (exact) mass is 223 g/mol. The smallest absolute Gasteiger partial charge is 0.132 e. The maximum absolute atomic E-state index is 6.18. The average molecular weight is 224 g/mol. The molecule has 2 aliphatic rings. The predicted molar refractivity (Wildman–Crippen MR) is 60.2 cm³/mol. The van der Waals surface area contributed by atoms with E-state index in [0.29, 0.717) is 11.2 Å². The van der Waals surface area contributed by atoms with E-state index in [0.717, 1.165) is 19.6 Å². The third kappa shape index (κ3) is 1.30. The van der Waals surface area contributed by atoms with E-state index < -0.39 is 0 Å². The number of aromatic nitrogens is 1. The van der Waals surface area contributed by atoms with Gasteiger partial charge in [0.05, 0.1) is 0 Å². The fourth-order valence-electron chi connectivity index (χ4n) is 2.75. The van der Waals surface area contributed by atoms with Gasteiger partial charge in [-0.3, -0.25) is 0 Å². The summed E-state index contributed by atoms with van der Waals surface area (Å²) in [6.45, 7) is 3.11. The minimum absolute atomic E-state index is 0.184. The number of piperidine rings is 1. The van der Waals surface area contributed by atoms with Crippen molar-refractivity contribution >= 4 is 11.6 Å². The molecule has 3 heterocycles. The summed E-state index contributed by atoms with van der Waals surface area (Å²) in [7, 11) is 0. The zero-order chi connectivity index (χ0) is 10.3. The highest BCUT2D eigenvalue weighted by Crippen LogP contribution is 2.39. The summed E-state index contributed by atoms with van der Waals surface area (Å²) in [6.07, 6.45) is 2.92. The van der Waals surface area contributed by atoms with Gasteiger partial charge in [-0.05, 0) is 24.6 Å². The van der Waals surface area contributed by atoms with E-state index in [-0.39, 0.29) is 5.41 Å². The average Bonchev–Trinajstić information content (AvgIpc) is 2.22. The lowest BCUT2D eigenvalue weighted by Crippen LogP contribution is -2.72. The van der Waals surface area contributed by atoms with Gasteiger partial charge in [-0.2, -0.15) is 0 Å². The van der Waals surface area contributed by atoms with Gasteiger partial charge in [0, 0.05) is 30.7 Å². The van der Waals surface area contributed by atoms with Crippen molar-refractivity contribution < 1.29 is 0 Å². The molecule has 3 rings (SSSR count). The number of fused-ring (bicyclic) bond motifs is 1. The van der Waals surface area contributed by atoms with Crippen molar-refractivity contribution in [1.82, 2.24) is 15.6 Å². The standard InChI is InChI=1S/C11H14ClN3/c12-10-8(2-1-4-14-10)11-6-13-5-3-9(11)15-7-11/h1-2,4,9,13,15H,3,5-7H2. The van der Waals surface area contributed by atoms with E-state index in [1.54, 1.807) is 6.20 Å². The minimum atomic E-state index is 0.184. The molecule has 0 aliphatic carbocycles. The van der Waals surface area contributed by atoms with Crippen molar-refractivity contribution in [1.29, 1.82) is 0 Å². The second kappa shape index (κ2) is 3.44. The predicted octanol–water partition coefficient (Wildman–Crippen LogP) is 0.938. The summed E-state index contributed by atoms with van der Waals surface area (Å²) < 4.78 is 0. The van der Waals surface area contributed by atoms with Gasteiger partial charge in [0.25, 0.3) is 0 Å². The van der Waals surface area contributed by atoms with Gasteiger partial charge in [0.15, 0.2) is 0 Å². The van der Waals surface area contributed by atoms with E-state index in [9.17, 15) is 0 Å². The second-order valence-corrected chi connectivity index (χ2v) is 4.75. The molecule has 2 saturated heterocycles. The van der Waals surface area contributed by atoms with Crippen molar-refractivity contribution in [2.75, 3.05) is 19.6 Å². The van der Waals surface area contributed by atoms with Crippen molar-refractivity contribution in [3.8, 4) is 0 Å². The Labute approximate surface area is 94.2 Å². The van der Waals surface area contributed by atoms with Gasteiger partial charge in [0.1, 0.15) is 5.15 Å². The third-order valence-electron chi connectivity index (χ3n) is 3.68. The minimum Gasteiger partial charge on any atom is -0.316 e. The SMILES string of the molecule is Clc1ncccc1C12CNCCC1NC2. The van der Waals surface area contributed by atoms with Crippen LogP contribution in [0.1, 0.15) is 12.0 Å². The molecule has 0 spiro atoms. The number of nitrogens with one attached hydrogen (secondary N) is 2. The summed E-state index contributed by atoms with van der Waals surface area (Å²) in [6, 6.07) is 4.65. The van der Waals surface area contributed by atoms with Gasteiger partial charge in [-0.25, -0.2) is 4.98 Å². The van der Waals surface area contributed by atoms with E-state index in [4.69, 9.17) is 11.6 Å². The molecule has 2 fully saturated rings. The summed E-state index contributed by atoms with van der Waals surface area (Å²) >= 11 is 6.18. The highest BCUT2D eigenvalue weighted by Gasteiger charge is 2.50. The Morgan fingerprint density at radius 3 is 3.07 bits per heavy atom. The van der Waals surface area contributed by atoms with Crippen molar-refractivity contribution in [2.45, 2.75) is 17.9 Å². The van der Waals surface area contributed by atoms with Crippen molar-refractivity contribution in [3.05, 3.63) is 29.0 Å². The maximum Gasteiger partial charge on any atom is 0.132 e. The first-order valence-corrected chi connectivity index (χ1v) is 5.76. The molecule has 15 heavy (non-hydrogen) atoms. The lowest BCUT2D eigenvalue weighted by molar-refractivity contribution is 0.131. The van der Waals surface area contributed by atoms with Crippen molar-refractivity contribution in [3.63, 3.8) is 0 Å². The Hall–Kier alpha value is -0.640. The Bertz CT molecular complexity index is 382. The number of rotatable bonds is 1. The van der Waals surface area contributed by atoms with Crippen LogP contribution in [0.4, 0.5) is 0 Å². The molecule has 2 aliphatic heterocycles. The number of pyridine rings is 1. The maximum atomic E-state index is 6.18. The molecule has 0 radical (unpaired) electrons. The van der Waals surface area contributed by atoms with Crippen LogP contribution in [0.15, 0.2) is 18.3 Å². The highest BCUT2D eigenvalue weighted by molar-refractivity contribution is 6.30. The quantitative estimate of drug-likeness (QED) is 0.696. The topological polar surface area (TPSA) is 37.0 Å². The molecule has 2 unspecified atom stereocenters. The molecule has 1 aromatic rings. The molecule has 80 valence electrons. The Kier molecular flexibility index (Phi) is 2.20. The zero-order valence-electron chi connectivity index (χ0n) is 8.46. The third-order valence-corrected chi connectivity index (χ3v) is 3.98. The first-order chi connectivity index (χ1) is 7.33. The highest BCUT2D eigenvalue weighted by atomic mass is 35.5. The summed E-state index contributed by atoms with van der Waals surface area (Å²) in [4.78, 5) is 4.18. The molecule has 0 amide bonds. The second-order valence-electron chi connectivity index (χ2n) is 4.40. The van der Waals surface area contributed by atoms with Crippen LogP contribution in [0.5, 0.6) is 0 Å². The number of hydrogen-bond donors (Lipinski definition) is 2. The largest absolute Gasteiger partial charge is 0.316 e. The summed E-state index contributed by atoms with van der Waals surface area (Å²) in [5, 5.41) is 7.60. The molecule has 2 atom stereocenters. The number of halogens is 1. The zero-order valence-corrected chi connectivity index (χ0v) is 9.22. The first-order valence-electron chi connectivity index (χ1n) is 5.38. The van der Waals surface area contributed by atoms with Gasteiger partial charge in [-0.1, -0.05) is 17.7 Å². The Morgan fingerprint density at radius 1 is 1.47 bits per heavy atom. The number of hydrogen-bond acceptors (Lipinski definition) is 3. The van der Waals surface area contributed by atoms with Gasteiger partial charge < -0.3 is 10.6 Å². The van der Waals surface area contributed by atoms with Crippen LogP contribution in [0.2, 0.25) is 5.15 Å². The molecule has 0 bridgehead atoms. The van der Waals surface area contributed by atoms with E-state index in [2.05, 4.69) is 21.7 Å². The Morgan fingerprint density at radius 2 is 2.40 bits per heavy atom. The van der Waals surface area contributed by atoms with Crippen molar-refractivity contribution in [2.24, 2.45) is 0 Å². The fourth-order valence-corrected chi connectivity index (χ4v) is 3.06. The normalized spacial score (nSPS) is 34.3. The van der Waals surface area contributed by atoms with Crippen LogP contribution in [0, 0.1) is 0 Å². The van der Waals surface area contributed by atoms with E-state index in [1.807, 2.05) is 6.07 Å². The van der Waals surface area contributed by atoms with E-state index in [1.165, 1.54) is 12.0 Å². The van der Waals surface area contributed by atoms with Gasteiger partial charge in [-0.15, -0.1) is 0 Å². The molecule has 1 aromatic heterocycles. The number of nitrogens with zero attached hydrogens (tertiary/aromatic N) is 1. The van der Waals surface area contributed by atoms with Crippen LogP contribution in [-0.2, 0) is 5.41 Å². The molecular weight excluding hydrogens is 210 g/mol. The fraction of sp³-hybridized carbons (Fsp3) is 0.545. The molecule has 3 nitrogen and oxygen atoms in total. The first kappa shape index (κ1) is 9.58. The van der Waals surface area contributed by atoms with E-state index >= 15 is 0 Å². The van der Waals surface area contributed by atoms with Crippen LogP contribution in [-0.4, -0.2) is 30.7 Å². The molecular formula is C11H14ClN3. The lowest BCUT2D eigenvalue weighted by Gasteiger charge is -2.54. The molecule has 0 aromatic carbocycles. The van der Waals surface area contributed by atoms with Crippen LogP contribution < -0.4 is 10.6 Å². The van der Waals surface area contributed by atoms with Crippen LogP contribution in [0.25, 0.3) is 0 Å². The molecule has 0 saturated carbocycles.